The number of aromatic nitrogens is 2. The van der Waals surface area contributed by atoms with Gasteiger partial charge in [-0.05, 0) is 31.9 Å². The number of nitrogens with zero attached hydrogens (tertiary/aromatic N) is 2. The van der Waals surface area contributed by atoms with E-state index in [0.29, 0.717) is 49.9 Å². The van der Waals surface area contributed by atoms with Crippen LogP contribution >= 0.6 is 0 Å². The summed E-state index contributed by atoms with van der Waals surface area (Å²) >= 11 is 0. The second-order valence-corrected chi connectivity index (χ2v) is 7.52. The van der Waals surface area contributed by atoms with Crippen molar-refractivity contribution in [2.24, 2.45) is 0 Å². The Hall–Kier alpha value is -2.95. The molecule has 0 unspecified atom stereocenters. The molecule has 4 rings (SSSR count). The number of morpholine rings is 1. The number of aromatic amines is 1. The van der Waals surface area contributed by atoms with E-state index in [1.54, 1.807) is 6.07 Å². The molecule has 172 valence electrons. The number of hydroxylamine groups is 1. The average molecular weight is 445 g/mol. The van der Waals surface area contributed by atoms with Crippen LogP contribution in [0.4, 0.5) is 10.1 Å². The van der Waals surface area contributed by atoms with Crippen LogP contribution in [0.3, 0.4) is 0 Å². The van der Waals surface area contributed by atoms with Gasteiger partial charge in [-0.25, -0.2) is 4.39 Å². The van der Waals surface area contributed by atoms with E-state index in [2.05, 4.69) is 25.9 Å². The molecule has 0 bridgehead atoms. The molecule has 1 aliphatic heterocycles. The third-order valence-electron chi connectivity index (χ3n) is 5.35. The van der Waals surface area contributed by atoms with Crippen molar-refractivity contribution in [3.8, 4) is 5.75 Å². The molecule has 1 fully saturated rings. The molecule has 2 heterocycles. The fourth-order valence-electron chi connectivity index (χ4n) is 3.71. The topological polar surface area (TPSA) is 101 Å². The maximum atomic E-state index is 14.5. The molecule has 1 aromatic carbocycles. The second-order valence-electron chi connectivity index (χ2n) is 7.52. The van der Waals surface area contributed by atoms with E-state index in [-0.39, 0.29) is 11.4 Å². The molecular weight excluding hydrogens is 417 g/mol. The third-order valence-corrected chi connectivity index (χ3v) is 5.35. The fraction of sp³-hybridized carbons (Fsp3) is 0.455. The summed E-state index contributed by atoms with van der Waals surface area (Å²) in [7, 11) is 0. The summed E-state index contributed by atoms with van der Waals surface area (Å²) in [5.41, 5.74) is 5.64. The molecule has 0 spiro atoms. The van der Waals surface area contributed by atoms with Gasteiger partial charge in [0.15, 0.2) is 17.3 Å². The lowest BCUT2D eigenvalue weighted by Gasteiger charge is -2.26. The van der Waals surface area contributed by atoms with Crippen LogP contribution in [0, 0.1) is 5.82 Å². The van der Waals surface area contributed by atoms with Gasteiger partial charge in [0, 0.05) is 37.1 Å². The zero-order valence-electron chi connectivity index (χ0n) is 18.1. The number of anilines is 1. The number of hydrogen-bond acceptors (Lipinski definition) is 7. The number of fused-ring (bicyclic) bond motifs is 1. The van der Waals surface area contributed by atoms with E-state index in [1.807, 2.05) is 13.0 Å². The SMILES string of the molecule is CCONC1=CCCc2[nH]nc(C(=O)Nc3ccc(OCCN4CCOCC4)c(F)c3)c21. The van der Waals surface area contributed by atoms with E-state index in [9.17, 15) is 9.18 Å². The van der Waals surface area contributed by atoms with E-state index in [4.69, 9.17) is 14.3 Å². The van der Waals surface area contributed by atoms with Crippen molar-refractivity contribution in [3.05, 3.63) is 47.0 Å². The summed E-state index contributed by atoms with van der Waals surface area (Å²) in [5.74, 6) is -0.819. The normalized spacial score (nSPS) is 16.2. The van der Waals surface area contributed by atoms with Gasteiger partial charge in [0.25, 0.3) is 5.91 Å². The Balaban J connectivity index is 1.37. The summed E-state index contributed by atoms with van der Waals surface area (Å²) in [5, 5.41) is 9.80. The summed E-state index contributed by atoms with van der Waals surface area (Å²) < 4.78 is 25.4. The number of rotatable bonds is 9. The van der Waals surface area contributed by atoms with Gasteiger partial charge < -0.3 is 14.8 Å². The highest BCUT2D eigenvalue weighted by atomic mass is 19.1. The molecule has 2 aromatic rings. The van der Waals surface area contributed by atoms with Gasteiger partial charge in [0.05, 0.1) is 31.1 Å². The van der Waals surface area contributed by atoms with Crippen molar-refractivity contribution in [2.75, 3.05) is 51.4 Å². The molecule has 1 amide bonds. The van der Waals surface area contributed by atoms with Crippen LogP contribution in [0.5, 0.6) is 5.75 Å². The minimum Gasteiger partial charge on any atom is -0.489 e. The zero-order chi connectivity index (χ0) is 22.3. The highest BCUT2D eigenvalue weighted by Gasteiger charge is 2.25. The first-order valence-corrected chi connectivity index (χ1v) is 10.8. The molecule has 2 aliphatic rings. The summed E-state index contributed by atoms with van der Waals surface area (Å²) in [6.45, 7) is 6.55. The van der Waals surface area contributed by atoms with Gasteiger partial charge >= 0.3 is 0 Å². The number of nitrogens with one attached hydrogen (secondary N) is 3. The fourth-order valence-corrected chi connectivity index (χ4v) is 3.71. The van der Waals surface area contributed by atoms with Crippen LogP contribution in [0.15, 0.2) is 24.3 Å². The highest BCUT2D eigenvalue weighted by molar-refractivity contribution is 6.06. The van der Waals surface area contributed by atoms with Gasteiger partial charge in [-0.15, -0.1) is 0 Å². The maximum absolute atomic E-state index is 14.5. The molecule has 0 saturated carbocycles. The number of carbonyl (C=O) groups is 1. The van der Waals surface area contributed by atoms with Crippen molar-refractivity contribution in [1.82, 2.24) is 20.6 Å². The Morgan fingerprint density at radius 3 is 2.97 bits per heavy atom. The summed E-state index contributed by atoms with van der Waals surface area (Å²) in [4.78, 5) is 20.4. The minimum absolute atomic E-state index is 0.152. The van der Waals surface area contributed by atoms with E-state index < -0.39 is 11.7 Å². The number of aryl methyl sites for hydroxylation is 1. The number of carbonyl (C=O) groups excluding carboxylic acids is 1. The van der Waals surface area contributed by atoms with Crippen molar-refractivity contribution in [3.63, 3.8) is 0 Å². The first kappa shape index (κ1) is 22.3. The predicted octanol–water partition coefficient (Wildman–Crippen LogP) is 2.34. The van der Waals surface area contributed by atoms with Crippen molar-refractivity contribution in [1.29, 1.82) is 0 Å². The van der Waals surface area contributed by atoms with Crippen LogP contribution in [0.1, 0.15) is 35.1 Å². The van der Waals surface area contributed by atoms with Gasteiger partial charge in [0.2, 0.25) is 0 Å². The van der Waals surface area contributed by atoms with Gasteiger partial charge in [-0.2, -0.15) is 5.10 Å². The maximum Gasteiger partial charge on any atom is 0.276 e. The third kappa shape index (κ3) is 5.26. The molecule has 0 radical (unpaired) electrons. The number of benzene rings is 1. The van der Waals surface area contributed by atoms with Crippen LogP contribution in [0.25, 0.3) is 5.70 Å². The molecule has 1 saturated heterocycles. The van der Waals surface area contributed by atoms with Gasteiger partial charge in [0.1, 0.15) is 6.61 Å². The predicted molar refractivity (Wildman–Crippen MR) is 117 cm³/mol. The lowest BCUT2D eigenvalue weighted by Crippen LogP contribution is -2.38. The van der Waals surface area contributed by atoms with Crippen LogP contribution in [-0.4, -0.2) is 67.1 Å². The van der Waals surface area contributed by atoms with Gasteiger partial charge in [-0.1, -0.05) is 6.08 Å². The molecule has 0 atom stereocenters. The molecular formula is C22H28FN5O4. The highest BCUT2D eigenvalue weighted by Crippen LogP contribution is 2.27. The van der Waals surface area contributed by atoms with Crippen LogP contribution in [0.2, 0.25) is 0 Å². The van der Waals surface area contributed by atoms with Crippen molar-refractivity contribution < 1.29 is 23.5 Å². The molecule has 1 aromatic heterocycles. The smallest absolute Gasteiger partial charge is 0.276 e. The van der Waals surface area contributed by atoms with Crippen LogP contribution < -0.4 is 15.5 Å². The zero-order valence-corrected chi connectivity index (χ0v) is 18.1. The number of allylic oxidation sites excluding steroid dienone is 1. The van der Waals surface area contributed by atoms with Crippen LogP contribution in [-0.2, 0) is 16.0 Å². The minimum atomic E-state index is -0.535. The van der Waals surface area contributed by atoms with E-state index in [1.165, 1.54) is 12.1 Å². The van der Waals surface area contributed by atoms with Crippen molar-refractivity contribution >= 4 is 17.3 Å². The van der Waals surface area contributed by atoms with E-state index in [0.717, 1.165) is 31.6 Å². The second kappa shape index (κ2) is 10.6. The van der Waals surface area contributed by atoms with E-state index >= 15 is 0 Å². The number of amides is 1. The number of hydrogen-bond donors (Lipinski definition) is 3. The first-order valence-electron chi connectivity index (χ1n) is 10.8. The Morgan fingerprint density at radius 1 is 1.34 bits per heavy atom. The lowest BCUT2D eigenvalue weighted by atomic mass is 9.99. The standard InChI is InChI=1S/C22H28FN5O4/c1-2-32-27-18-5-3-4-17-20(18)21(26-25-17)22(29)24-15-6-7-19(16(23)14-15)31-13-10-28-8-11-30-12-9-28/h5-7,14,27H,2-4,8-13H2,1H3,(H,24,29)(H,25,26). The summed E-state index contributed by atoms with van der Waals surface area (Å²) in [6.07, 6.45) is 3.52. The largest absolute Gasteiger partial charge is 0.489 e. The first-order chi connectivity index (χ1) is 15.7. The quantitative estimate of drug-likeness (QED) is 0.510. The number of halogens is 1. The molecule has 9 nitrogen and oxygen atoms in total. The van der Waals surface area contributed by atoms with Crippen molar-refractivity contribution in [2.45, 2.75) is 19.8 Å². The summed E-state index contributed by atoms with van der Waals surface area (Å²) in [6, 6.07) is 4.38. The Bertz CT molecular complexity index is 971. The monoisotopic (exact) mass is 445 g/mol. The Kier molecular flexibility index (Phi) is 7.35. The Labute approximate surface area is 185 Å². The average Bonchev–Trinajstić information content (AvgIpc) is 3.25. The number of ether oxygens (including phenoxy) is 2. The molecule has 32 heavy (non-hydrogen) atoms. The molecule has 10 heteroatoms. The Morgan fingerprint density at radius 2 is 2.19 bits per heavy atom. The molecule has 3 N–H and O–H groups in total. The van der Waals surface area contributed by atoms with Gasteiger partial charge in [-0.3, -0.25) is 25.1 Å². The number of H-pyrrole nitrogens is 1. The lowest BCUT2D eigenvalue weighted by molar-refractivity contribution is 0.0320. The molecule has 1 aliphatic carbocycles.